The van der Waals surface area contributed by atoms with Gasteiger partial charge in [0, 0.05) is 24.1 Å². The summed E-state index contributed by atoms with van der Waals surface area (Å²) in [6, 6.07) is 9.54. The first-order valence-electron chi connectivity index (χ1n) is 8.35. The molecule has 1 aliphatic heterocycles. The van der Waals surface area contributed by atoms with Gasteiger partial charge in [0.05, 0.1) is 32.1 Å². The van der Waals surface area contributed by atoms with E-state index >= 15 is 0 Å². The number of anilines is 1. The van der Waals surface area contributed by atoms with E-state index in [0.29, 0.717) is 11.0 Å². The summed E-state index contributed by atoms with van der Waals surface area (Å²) in [5.74, 6) is 2.14. The van der Waals surface area contributed by atoms with Gasteiger partial charge in [0.15, 0.2) is 5.11 Å². The van der Waals surface area contributed by atoms with Gasteiger partial charge in [0.2, 0.25) is 5.88 Å². The lowest BCUT2D eigenvalue weighted by Crippen LogP contribution is -2.42. The van der Waals surface area contributed by atoms with Crippen LogP contribution in [0.5, 0.6) is 17.4 Å². The molecule has 1 aromatic carbocycles. The Morgan fingerprint density at radius 3 is 2.69 bits per heavy atom. The largest absolute Gasteiger partial charge is 0.497 e. The summed E-state index contributed by atoms with van der Waals surface area (Å²) in [6.07, 6.45) is 2.47. The molecule has 0 aliphatic carbocycles. The Morgan fingerprint density at radius 2 is 2.04 bits per heavy atom. The summed E-state index contributed by atoms with van der Waals surface area (Å²) < 4.78 is 16.5. The Hall–Kier alpha value is -2.54. The summed E-state index contributed by atoms with van der Waals surface area (Å²) >= 11 is 5.48. The summed E-state index contributed by atoms with van der Waals surface area (Å²) in [5, 5.41) is 7.07. The van der Waals surface area contributed by atoms with E-state index in [1.807, 2.05) is 24.3 Å². The number of benzene rings is 1. The van der Waals surface area contributed by atoms with Crippen molar-refractivity contribution >= 4 is 23.0 Å². The standard InChI is InChI=1S/C19H23N3O3S/c1-19(2)10-15(14-7-6-13(23-3)9-16(14)25-19)22-18(26)21-12-5-8-17(24-4)20-11-12/h5-9,11,15H,10H2,1-4H3,(H2,21,22,26)/t15-/m1/s1. The first-order valence-corrected chi connectivity index (χ1v) is 8.75. The van der Waals surface area contributed by atoms with Crippen molar-refractivity contribution in [2.75, 3.05) is 19.5 Å². The second-order valence-corrected chi connectivity index (χ2v) is 7.12. The van der Waals surface area contributed by atoms with Crippen LogP contribution < -0.4 is 24.8 Å². The molecule has 2 N–H and O–H groups in total. The van der Waals surface area contributed by atoms with Gasteiger partial charge in [-0.05, 0) is 44.3 Å². The van der Waals surface area contributed by atoms with Crippen molar-refractivity contribution < 1.29 is 14.2 Å². The van der Waals surface area contributed by atoms with Gasteiger partial charge in [-0.1, -0.05) is 0 Å². The summed E-state index contributed by atoms with van der Waals surface area (Å²) in [7, 11) is 3.23. The molecule has 0 spiro atoms. The third kappa shape index (κ3) is 4.16. The molecule has 6 nitrogen and oxygen atoms in total. The lowest BCUT2D eigenvalue weighted by molar-refractivity contribution is 0.0693. The fourth-order valence-electron chi connectivity index (χ4n) is 2.99. The molecule has 1 aromatic heterocycles. The van der Waals surface area contributed by atoms with Crippen LogP contribution in [0.25, 0.3) is 0 Å². The van der Waals surface area contributed by atoms with Crippen LogP contribution in [0.15, 0.2) is 36.5 Å². The number of pyridine rings is 1. The van der Waals surface area contributed by atoms with E-state index in [1.54, 1.807) is 26.5 Å². The van der Waals surface area contributed by atoms with Crippen molar-refractivity contribution in [3.8, 4) is 17.4 Å². The molecule has 26 heavy (non-hydrogen) atoms. The maximum absolute atomic E-state index is 6.11. The third-order valence-corrected chi connectivity index (χ3v) is 4.41. The summed E-state index contributed by atoms with van der Waals surface area (Å²) in [6.45, 7) is 4.13. The molecule has 0 saturated carbocycles. The van der Waals surface area contributed by atoms with E-state index in [-0.39, 0.29) is 11.6 Å². The minimum atomic E-state index is -0.311. The van der Waals surface area contributed by atoms with Crippen LogP contribution in [0.3, 0.4) is 0 Å². The molecule has 3 rings (SSSR count). The van der Waals surface area contributed by atoms with Crippen molar-refractivity contribution in [3.05, 3.63) is 42.1 Å². The number of rotatable bonds is 4. The molecular formula is C19H23N3O3S. The van der Waals surface area contributed by atoms with Crippen LogP contribution in [0.4, 0.5) is 5.69 Å². The maximum atomic E-state index is 6.11. The van der Waals surface area contributed by atoms with Gasteiger partial charge in [-0.3, -0.25) is 0 Å². The monoisotopic (exact) mass is 373 g/mol. The van der Waals surface area contributed by atoms with E-state index in [2.05, 4.69) is 29.5 Å². The average molecular weight is 373 g/mol. The van der Waals surface area contributed by atoms with Gasteiger partial charge < -0.3 is 24.8 Å². The van der Waals surface area contributed by atoms with E-state index in [0.717, 1.165) is 29.2 Å². The molecule has 7 heteroatoms. The number of nitrogens with zero attached hydrogens (tertiary/aromatic N) is 1. The Morgan fingerprint density at radius 1 is 1.23 bits per heavy atom. The minimum absolute atomic E-state index is 0.0332. The second kappa shape index (κ2) is 7.37. The van der Waals surface area contributed by atoms with E-state index in [4.69, 9.17) is 26.4 Å². The zero-order chi connectivity index (χ0) is 18.7. The fraction of sp³-hybridized carbons (Fsp3) is 0.368. The summed E-state index contributed by atoms with van der Waals surface area (Å²) in [4.78, 5) is 4.17. The Balaban J connectivity index is 1.75. The smallest absolute Gasteiger partial charge is 0.213 e. The van der Waals surface area contributed by atoms with Crippen molar-refractivity contribution in [1.29, 1.82) is 0 Å². The molecule has 0 saturated heterocycles. The lowest BCUT2D eigenvalue weighted by Gasteiger charge is -2.38. The molecule has 1 atom stereocenters. The molecule has 0 bridgehead atoms. The number of nitrogens with one attached hydrogen (secondary N) is 2. The zero-order valence-electron chi connectivity index (χ0n) is 15.3. The highest BCUT2D eigenvalue weighted by atomic mass is 32.1. The maximum Gasteiger partial charge on any atom is 0.213 e. The SMILES string of the molecule is COc1ccc2c(c1)OC(C)(C)C[C@H]2NC(=S)Nc1ccc(OC)nc1. The van der Waals surface area contributed by atoms with Gasteiger partial charge in [-0.25, -0.2) is 4.98 Å². The molecule has 1 aliphatic rings. The minimum Gasteiger partial charge on any atom is -0.497 e. The van der Waals surface area contributed by atoms with Crippen LogP contribution in [0.2, 0.25) is 0 Å². The Kier molecular flexibility index (Phi) is 5.18. The first kappa shape index (κ1) is 18.3. The van der Waals surface area contributed by atoms with Gasteiger partial charge in [-0.15, -0.1) is 0 Å². The van der Waals surface area contributed by atoms with Gasteiger partial charge in [0.1, 0.15) is 17.1 Å². The number of hydrogen-bond donors (Lipinski definition) is 2. The normalized spacial score (nSPS) is 17.5. The quantitative estimate of drug-likeness (QED) is 0.793. The van der Waals surface area contributed by atoms with Crippen molar-refractivity contribution in [2.24, 2.45) is 0 Å². The second-order valence-electron chi connectivity index (χ2n) is 6.71. The number of ether oxygens (including phenoxy) is 3. The highest BCUT2D eigenvalue weighted by molar-refractivity contribution is 7.80. The molecule has 2 aromatic rings. The predicted molar refractivity (Wildman–Crippen MR) is 105 cm³/mol. The zero-order valence-corrected chi connectivity index (χ0v) is 16.1. The van der Waals surface area contributed by atoms with E-state index < -0.39 is 0 Å². The number of hydrogen-bond acceptors (Lipinski definition) is 5. The van der Waals surface area contributed by atoms with Crippen molar-refractivity contribution in [2.45, 2.75) is 31.9 Å². The Labute approximate surface area is 158 Å². The van der Waals surface area contributed by atoms with Crippen LogP contribution in [-0.4, -0.2) is 29.9 Å². The molecule has 138 valence electrons. The van der Waals surface area contributed by atoms with Crippen molar-refractivity contribution in [3.63, 3.8) is 0 Å². The van der Waals surface area contributed by atoms with Gasteiger partial charge in [0.25, 0.3) is 0 Å². The van der Waals surface area contributed by atoms with Crippen molar-refractivity contribution in [1.82, 2.24) is 10.3 Å². The summed E-state index contributed by atoms with van der Waals surface area (Å²) in [5.41, 5.74) is 1.54. The molecule has 0 amide bonds. The van der Waals surface area contributed by atoms with E-state index in [9.17, 15) is 0 Å². The molecule has 0 radical (unpaired) electrons. The van der Waals surface area contributed by atoms with Crippen LogP contribution in [0.1, 0.15) is 31.9 Å². The number of fused-ring (bicyclic) bond motifs is 1. The molecular weight excluding hydrogens is 350 g/mol. The van der Waals surface area contributed by atoms with Crippen LogP contribution in [0, 0.1) is 0 Å². The number of aromatic nitrogens is 1. The Bertz CT molecular complexity index is 793. The predicted octanol–water partition coefficient (Wildman–Crippen LogP) is 3.69. The van der Waals surface area contributed by atoms with Gasteiger partial charge in [-0.2, -0.15) is 0 Å². The van der Waals surface area contributed by atoms with E-state index in [1.165, 1.54) is 0 Å². The highest BCUT2D eigenvalue weighted by Gasteiger charge is 2.34. The van der Waals surface area contributed by atoms with Gasteiger partial charge >= 0.3 is 0 Å². The number of thiocarbonyl (C=S) groups is 1. The fourth-order valence-corrected chi connectivity index (χ4v) is 3.25. The highest BCUT2D eigenvalue weighted by Crippen LogP contribution is 2.41. The number of methoxy groups -OCH3 is 2. The van der Waals surface area contributed by atoms with Crippen LogP contribution in [-0.2, 0) is 0 Å². The third-order valence-electron chi connectivity index (χ3n) is 4.19. The lowest BCUT2D eigenvalue weighted by atomic mass is 9.89. The first-order chi connectivity index (χ1) is 12.4. The van der Waals surface area contributed by atoms with Crippen LogP contribution >= 0.6 is 12.2 Å². The average Bonchev–Trinajstić information content (AvgIpc) is 2.60. The molecule has 0 fully saturated rings. The topological polar surface area (TPSA) is 64.6 Å². The molecule has 2 heterocycles. The molecule has 0 unspecified atom stereocenters.